The number of benzene rings is 2. The van der Waals surface area contributed by atoms with Gasteiger partial charge in [0.1, 0.15) is 0 Å². The topological polar surface area (TPSA) is 45.6 Å². The molecule has 4 rings (SSSR count). The Balaban J connectivity index is 1.84. The van der Waals surface area contributed by atoms with Gasteiger partial charge in [0.15, 0.2) is 0 Å². The van der Waals surface area contributed by atoms with E-state index in [1.165, 1.54) is 6.07 Å². The second kappa shape index (κ2) is 6.20. The highest BCUT2D eigenvalue weighted by Crippen LogP contribution is 2.35. The van der Waals surface area contributed by atoms with Gasteiger partial charge in [-0.25, -0.2) is 4.98 Å². The van der Waals surface area contributed by atoms with E-state index >= 15 is 0 Å². The Morgan fingerprint density at radius 3 is 2.63 bits per heavy atom. The molecule has 140 valence electrons. The SMILES string of the molecule is CC(C)n1c(Nc2c[nH]c3ccc(Cl)cc23)nc2cc(C(F)(F)F)ccc21. The molecular weight excluding hydrogens is 377 g/mol. The maximum atomic E-state index is 13.0. The van der Waals surface area contributed by atoms with Crippen LogP contribution in [0.25, 0.3) is 21.9 Å². The number of fused-ring (bicyclic) bond motifs is 2. The Labute approximate surface area is 158 Å². The first-order valence-corrected chi connectivity index (χ1v) is 8.74. The van der Waals surface area contributed by atoms with Crippen molar-refractivity contribution in [2.75, 3.05) is 5.32 Å². The fraction of sp³-hybridized carbons (Fsp3) is 0.211. The van der Waals surface area contributed by atoms with Crippen LogP contribution in [0.1, 0.15) is 25.5 Å². The zero-order valence-corrected chi connectivity index (χ0v) is 15.3. The molecule has 0 atom stereocenters. The van der Waals surface area contributed by atoms with Gasteiger partial charge >= 0.3 is 6.18 Å². The number of H-pyrrole nitrogens is 1. The minimum atomic E-state index is -4.41. The van der Waals surface area contributed by atoms with E-state index in [0.29, 0.717) is 22.0 Å². The summed E-state index contributed by atoms with van der Waals surface area (Å²) < 4.78 is 41.0. The summed E-state index contributed by atoms with van der Waals surface area (Å²) in [4.78, 5) is 7.56. The van der Waals surface area contributed by atoms with E-state index in [2.05, 4.69) is 15.3 Å². The summed E-state index contributed by atoms with van der Waals surface area (Å²) in [5.74, 6) is 0.472. The fourth-order valence-corrected chi connectivity index (χ4v) is 3.37. The van der Waals surface area contributed by atoms with Crippen molar-refractivity contribution in [1.82, 2.24) is 14.5 Å². The van der Waals surface area contributed by atoms with Gasteiger partial charge in [-0.2, -0.15) is 13.2 Å². The third-order valence-corrected chi connectivity index (χ3v) is 4.66. The molecule has 0 amide bonds. The standard InChI is InChI=1S/C19H16ClF3N4/c1-10(2)27-17-6-3-11(19(21,22)23)7-15(17)25-18(27)26-16-9-24-14-5-4-12(20)8-13(14)16/h3-10,24H,1-2H3,(H,25,26). The van der Waals surface area contributed by atoms with Crippen LogP contribution >= 0.6 is 11.6 Å². The van der Waals surface area contributed by atoms with E-state index in [0.717, 1.165) is 28.7 Å². The van der Waals surface area contributed by atoms with Crippen molar-refractivity contribution in [1.29, 1.82) is 0 Å². The van der Waals surface area contributed by atoms with Crippen LogP contribution in [0, 0.1) is 0 Å². The van der Waals surface area contributed by atoms with Crippen molar-refractivity contribution in [3.05, 3.63) is 53.2 Å². The lowest BCUT2D eigenvalue weighted by Gasteiger charge is -2.14. The van der Waals surface area contributed by atoms with Gasteiger partial charge in [-0.15, -0.1) is 0 Å². The largest absolute Gasteiger partial charge is 0.416 e. The van der Waals surface area contributed by atoms with E-state index in [1.54, 1.807) is 12.3 Å². The maximum Gasteiger partial charge on any atom is 0.416 e. The molecule has 0 saturated heterocycles. The molecule has 2 N–H and O–H groups in total. The minimum absolute atomic E-state index is 0.00281. The quantitative estimate of drug-likeness (QED) is 0.417. The van der Waals surface area contributed by atoms with E-state index in [-0.39, 0.29) is 6.04 Å². The Morgan fingerprint density at radius 1 is 1.15 bits per heavy atom. The van der Waals surface area contributed by atoms with Crippen molar-refractivity contribution < 1.29 is 13.2 Å². The third-order valence-electron chi connectivity index (χ3n) is 4.42. The number of aromatic nitrogens is 3. The number of nitrogens with one attached hydrogen (secondary N) is 2. The third kappa shape index (κ3) is 3.12. The van der Waals surface area contributed by atoms with Crippen molar-refractivity contribution >= 4 is 45.2 Å². The van der Waals surface area contributed by atoms with Crippen LogP contribution in [0.3, 0.4) is 0 Å². The van der Waals surface area contributed by atoms with Gasteiger partial charge in [0.2, 0.25) is 5.95 Å². The average molecular weight is 393 g/mol. The van der Waals surface area contributed by atoms with Crippen LogP contribution in [-0.4, -0.2) is 14.5 Å². The zero-order chi connectivity index (χ0) is 19.3. The first-order valence-electron chi connectivity index (χ1n) is 8.37. The summed E-state index contributed by atoms with van der Waals surface area (Å²) in [6, 6.07) is 9.09. The molecule has 0 aliphatic heterocycles. The molecule has 0 saturated carbocycles. The molecule has 0 bridgehead atoms. The molecule has 0 aliphatic rings. The Morgan fingerprint density at radius 2 is 1.93 bits per heavy atom. The van der Waals surface area contributed by atoms with E-state index < -0.39 is 11.7 Å². The number of alkyl halides is 3. The smallest absolute Gasteiger partial charge is 0.359 e. The molecule has 4 nitrogen and oxygen atoms in total. The first kappa shape index (κ1) is 17.7. The molecule has 4 aromatic rings. The number of nitrogens with zero attached hydrogens (tertiary/aromatic N) is 2. The summed E-state index contributed by atoms with van der Waals surface area (Å²) in [6.45, 7) is 3.91. The molecule has 0 radical (unpaired) electrons. The Hall–Kier alpha value is -2.67. The number of hydrogen-bond acceptors (Lipinski definition) is 2. The number of imidazole rings is 1. The monoisotopic (exact) mass is 392 g/mol. The zero-order valence-electron chi connectivity index (χ0n) is 14.5. The maximum absolute atomic E-state index is 13.0. The van der Waals surface area contributed by atoms with Crippen LogP contribution < -0.4 is 5.32 Å². The molecule has 0 aliphatic carbocycles. The van der Waals surface area contributed by atoms with Gasteiger partial charge < -0.3 is 14.9 Å². The van der Waals surface area contributed by atoms with E-state index in [9.17, 15) is 13.2 Å². The van der Waals surface area contributed by atoms with Crippen LogP contribution in [-0.2, 0) is 6.18 Å². The molecule has 0 spiro atoms. The van der Waals surface area contributed by atoms with Crippen molar-refractivity contribution in [3.8, 4) is 0 Å². The Kier molecular flexibility index (Phi) is 4.07. The number of hydrogen-bond donors (Lipinski definition) is 2. The molecule has 2 aromatic heterocycles. The molecule has 2 heterocycles. The van der Waals surface area contributed by atoms with Gasteiger partial charge in [-0.1, -0.05) is 11.6 Å². The van der Waals surface area contributed by atoms with Crippen LogP contribution in [0.4, 0.5) is 24.8 Å². The summed E-state index contributed by atoms with van der Waals surface area (Å²) >= 11 is 6.09. The van der Waals surface area contributed by atoms with Crippen molar-refractivity contribution in [2.45, 2.75) is 26.1 Å². The van der Waals surface area contributed by atoms with Crippen LogP contribution in [0.15, 0.2) is 42.6 Å². The van der Waals surface area contributed by atoms with E-state index in [4.69, 9.17) is 11.6 Å². The van der Waals surface area contributed by atoms with Crippen molar-refractivity contribution in [2.24, 2.45) is 0 Å². The van der Waals surface area contributed by atoms with Crippen LogP contribution in [0.2, 0.25) is 5.02 Å². The molecule has 0 fully saturated rings. The normalized spacial score (nSPS) is 12.4. The second-order valence-electron chi connectivity index (χ2n) is 6.62. The predicted molar refractivity (Wildman–Crippen MR) is 102 cm³/mol. The fourth-order valence-electron chi connectivity index (χ4n) is 3.20. The minimum Gasteiger partial charge on any atom is -0.359 e. The predicted octanol–water partition coefficient (Wildman–Crippen LogP) is 6.51. The lowest BCUT2D eigenvalue weighted by atomic mass is 10.2. The summed E-state index contributed by atoms with van der Waals surface area (Å²) in [7, 11) is 0. The van der Waals surface area contributed by atoms with Gasteiger partial charge in [-0.3, -0.25) is 0 Å². The number of aromatic amines is 1. The second-order valence-corrected chi connectivity index (χ2v) is 7.05. The van der Waals surface area contributed by atoms with Gasteiger partial charge in [0.25, 0.3) is 0 Å². The van der Waals surface area contributed by atoms with Crippen molar-refractivity contribution in [3.63, 3.8) is 0 Å². The molecule has 2 aromatic carbocycles. The van der Waals surface area contributed by atoms with Crippen LogP contribution in [0.5, 0.6) is 0 Å². The summed E-state index contributed by atoms with van der Waals surface area (Å²) in [5, 5.41) is 4.70. The average Bonchev–Trinajstić information content (AvgIpc) is 3.14. The molecule has 27 heavy (non-hydrogen) atoms. The summed E-state index contributed by atoms with van der Waals surface area (Å²) in [6.07, 6.45) is -2.62. The van der Waals surface area contributed by atoms with Gasteiger partial charge in [0, 0.05) is 28.2 Å². The lowest BCUT2D eigenvalue weighted by Crippen LogP contribution is -2.06. The molecule has 0 unspecified atom stereocenters. The lowest BCUT2D eigenvalue weighted by molar-refractivity contribution is -0.137. The highest BCUT2D eigenvalue weighted by atomic mass is 35.5. The highest BCUT2D eigenvalue weighted by Gasteiger charge is 2.31. The highest BCUT2D eigenvalue weighted by molar-refractivity contribution is 6.31. The Bertz CT molecular complexity index is 1140. The van der Waals surface area contributed by atoms with E-state index in [1.807, 2.05) is 30.5 Å². The molecule has 8 heteroatoms. The summed E-state index contributed by atoms with van der Waals surface area (Å²) in [5.41, 5.74) is 1.86. The van der Waals surface area contributed by atoms with Gasteiger partial charge in [-0.05, 0) is 50.2 Å². The number of rotatable bonds is 3. The number of halogens is 4. The molecular formula is C19H16ClF3N4. The first-order chi connectivity index (χ1) is 12.7. The van der Waals surface area contributed by atoms with Gasteiger partial charge in [0.05, 0.1) is 22.3 Å². The number of anilines is 2.